The summed E-state index contributed by atoms with van der Waals surface area (Å²) in [7, 11) is -3.67. The molecule has 2 saturated heterocycles. The molecule has 3 N–H and O–H groups in total. The van der Waals surface area contributed by atoms with Crippen LogP contribution in [0.15, 0.2) is 30.3 Å². The van der Waals surface area contributed by atoms with Crippen molar-refractivity contribution in [2.24, 2.45) is 5.14 Å². The van der Waals surface area contributed by atoms with Gasteiger partial charge in [-0.2, -0.15) is 12.7 Å². The Morgan fingerprint density at radius 1 is 1.12 bits per heavy atom. The predicted molar refractivity (Wildman–Crippen MR) is 99.5 cm³/mol. The van der Waals surface area contributed by atoms with Crippen molar-refractivity contribution in [2.45, 2.75) is 25.4 Å². The molecule has 0 aromatic heterocycles. The summed E-state index contributed by atoms with van der Waals surface area (Å²) in [5.41, 5.74) is 1.28. The van der Waals surface area contributed by atoms with E-state index in [2.05, 4.69) is 22.3 Å². The summed E-state index contributed by atoms with van der Waals surface area (Å²) in [5.74, 6) is 0. The molecule has 0 unspecified atom stereocenters. The third-order valence-corrected chi connectivity index (χ3v) is 6.05. The van der Waals surface area contributed by atoms with Crippen LogP contribution < -0.4 is 10.5 Å². The molecule has 0 radical (unpaired) electrons. The van der Waals surface area contributed by atoms with E-state index in [-0.39, 0.29) is 25.2 Å². The second-order valence-corrected chi connectivity index (χ2v) is 8.49. The zero-order valence-electron chi connectivity index (χ0n) is 14.9. The van der Waals surface area contributed by atoms with Crippen LogP contribution in [0.4, 0.5) is 4.79 Å². The lowest BCUT2D eigenvalue weighted by Gasteiger charge is -2.36. The number of hydrogen-bond acceptors (Lipinski definition) is 4. The number of urea groups is 1. The molecule has 0 aliphatic carbocycles. The van der Waals surface area contributed by atoms with Gasteiger partial charge in [0, 0.05) is 45.3 Å². The number of nitrogens with two attached hydrogens (primary N) is 1. The summed E-state index contributed by atoms with van der Waals surface area (Å²) in [5, 5.41) is 8.24. The smallest absolute Gasteiger partial charge is 0.317 e. The number of nitrogens with zero attached hydrogens (tertiary/aromatic N) is 3. The van der Waals surface area contributed by atoms with Crippen molar-refractivity contribution in [3.63, 3.8) is 0 Å². The van der Waals surface area contributed by atoms with Crippen molar-refractivity contribution in [3.05, 3.63) is 35.9 Å². The van der Waals surface area contributed by atoms with Crippen LogP contribution in [0.2, 0.25) is 0 Å². The molecule has 26 heavy (non-hydrogen) atoms. The molecule has 2 heterocycles. The molecule has 2 amide bonds. The van der Waals surface area contributed by atoms with Crippen molar-refractivity contribution in [2.75, 3.05) is 39.3 Å². The molecular formula is C17H27N5O3S. The fourth-order valence-corrected chi connectivity index (χ4v) is 4.24. The first kappa shape index (κ1) is 19.1. The van der Waals surface area contributed by atoms with Crippen LogP contribution in [0.1, 0.15) is 18.4 Å². The Labute approximate surface area is 155 Å². The minimum absolute atomic E-state index is 0.120. The Bertz CT molecular complexity index is 704. The zero-order chi connectivity index (χ0) is 18.6. The summed E-state index contributed by atoms with van der Waals surface area (Å²) in [6.45, 7) is 3.98. The van der Waals surface area contributed by atoms with Gasteiger partial charge in [-0.15, -0.1) is 0 Å². The summed E-state index contributed by atoms with van der Waals surface area (Å²) >= 11 is 0. The number of piperazine rings is 1. The minimum atomic E-state index is -3.67. The van der Waals surface area contributed by atoms with Crippen molar-refractivity contribution < 1.29 is 13.2 Å². The quantitative estimate of drug-likeness (QED) is 0.777. The molecule has 144 valence electrons. The van der Waals surface area contributed by atoms with Gasteiger partial charge in [-0.05, 0) is 24.9 Å². The third kappa shape index (κ3) is 5.16. The SMILES string of the molecule is NS(=O)(=O)N1CCN(C(=O)N[C@@H]2CCCN(Cc3ccccc3)C2)CC1. The number of carbonyl (C=O) groups is 1. The maximum atomic E-state index is 12.5. The predicted octanol–water partition coefficient (Wildman–Crippen LogP) is 0.182. The van der Waals surface area contributed by atoms with Gasteiger partial charge in [0.2, 0.25) is 0 Å². The van der Waals surface area contributed by atoms with Gasteiger partial charge >= 0.3 is 6.03 Å². The van der Waals surface area contributed by atoms with E-state index < -0.39 is 10.2 Å². The number of benzene rings is 1. The molecule has 1 aromatic carbocycles. The lowest BCUT2D eigenvalue weighted by atomic mass is 10.0. The van der Waals surface area contributed by atoms with Crippen LogP contribution in [-0.4, -0.2) is 73.9 Å². The van der Waals surface area contributed by atoms with Gasteiger partial charge in [0.25, 0.3) is 10.2 Å². The molecule has 0 saturated carbocycles. The van der Waals surface area contributed by atoms with Gasteiger partial charge in [0.15, 0.2) is 0 Å². The first-order valence-electron chi connectivity index (χ1n) is 9.01. The van der Waals surface area contributed by atoms with Crippen LogP contribution in [0.5, 0.6) is 0 Å². The van der Waals surface area contributed by atoms with E-state index in [0.717, 1.165) is 32.5 Å². The average Bonchev–Trinajstić information content (AvgIpc) is 2.62. The normalized spacial score (nSPS) is 23.0. The van der Waals surface area contributed by atoms with Crippen molar-refractivity contribution in [1.82, 2.24) is 19.4 Å². The van der Waals surface area contributed by atoms with Crippen LogP contribution in [-0.2, 0) is 16.8 Å². The molecular weight excluding hydrogens is 354 g/mol. The van der Waals surface area contributed by atoms with Crippen molar-refractivity contribution in [1.29, 1.82) is 0 Å². The lowest BCUT2D eigenvalue weighted by Crippen LogP contribution is -2.57. The Balaban J connectivity index is 1.47. The number of amides is 2. The summed E-state index contributed by atoms with van der Waals surface area (Å²) < 4.78 is 23.9. The molecule has 2 fully saturated rings. The molecule has 0 spiro atoms. The number of nitrogens with one attached hydrogen (secondary N) is 1. The number of likely N-dealkylation sites (tertiary alicyclic amines) is 1. The van der Waals surface area contributed by atoms with Gasteiger partial charge in [-0.1, -0.05) is 30.3 Å². The Morgan fingerprint density at radius 3 is 2.46 bits per heavy atom. The number of piperidine rings is 1. The Hall–Kier alpha value is -1.68. The van der Waals surface area contributed by atoms with Gasteiger partial charge in [-0.25, -0.2) is 9.93 Å². The second kappa shape index (κ2) is 8.34. The number of rotatable bonds is 4. The van der Waals surface area contributed by atoms with Gasteiger partial charge in [0.05, 0.1) is 0 Å². The molecule has 1 aromatic rings. The highest BCUT2D eigenvalue weighted by Gasteiger charge is 2.28. The Morgan fingerprint density at radius 2 is 1.81 bits per heavy atom. The third-order valence-electron chi connectivity index (χ3n) is 4.97. The lowest BCUT2D eigenvalue weighted by molar-refractivity contribution is 0.150. The van der Waals surface area contributed by atoms with E-state index >= 15 is 0 Å². The van der Waals surface area contributed by atoms with Gasteiger partial charge in [-0.3, -0.25) is 4.90 Å². The van der Waals surface area contributed by atoms with E-state index in [1.54, 1.807) is 4.90 Å². The van der Waals surface area contributed by atoms with E-state index in [0.29, 0.717) is 13.1 Å². The van der Waals surface area contributed by atoms with E-state index in [1.165, 1.54) is 9.87 Å². The van der Waals surface area contributed by atoms with Gasteiger partial charge < -0.3 is 10.2 Å². The topological polar surface area (TPSA) is 99.0 Å². The molecule has 9 heteroatoms. The standard InChI is InChI=1S/C17H27N5O3S/c18-26(24,25)22-11-9-21(10-12-22)17(23)19-16-7-4-8-20(14-16)13-15-5-2-1-3-6-15/h1-3,5-6,16H,4,7-14H2,(H,19,23)(H2,18,24,25)/t16-/m1/s1. The summed E-state index contributed by atoms with van der Waals surface area (Å²) in [6, 6.07) is 10.3. The molecule has 2 aliphatic heterocycles. The van der Waals surface area contributed by atoms with Crippen LogP contribution in [0, 0.1) is 0 Å². The first-order chi connectivity index (χ1) is 12.4. The number of hydrogen-bond donors (Lipinski definition) is 2. The average molecular weight is 382 g/mol. The molecule has 3 rings (SSSR count). The minimum Gasteiger partial charge on any atom is -0.334 e. The highest BCUT2D eigenvalue weighted by molar-refractivity contribution is 7.86. The highest BCUT2D eigenvalue weighted by atomic mass is 32.2. The van der Waals surface area contributed by atoms with Crippen LogP contribution in [0.3, 0.4) is 0 Å². The maximum Gasteiger partial charge on any atom is 0.317 e. The first-order valence-corrected chi connectivity index (χ1v) is 10.5. The highest BCUT2D eigenvalue weighted by Crippen LogP contribution is 2.14. The second-order valence-electron chi connectivity index (χ2n) is 6.94. The molecule has 2 aliphatic rings. The Kier molecular flexibility index (Phi) is 6.13. The molecule has 0 bridgehead atoms. The zero-order valence-corrected chi connectivity index (χ0v) is 15.7. The molecule has 8 nitrogen and oxygen atoms in total. The van der Waals surface area contributed by atoms with Crippen molar-refractivity contribution >= 4 is 16.2 Å². The summed E-state index contributed by atoms with van der Waals surface area (Å²) in [4.78, 5) is 16.5. The monoisotopic (exact) mass is 381 g/mol. The van der Waals surface area contributed by atoms with E-state index in [1.807, 2.05) is 18.2 Å². The maximum absolute atomic E-state index is 12.5. The van der Waals surface area contributed by atoms with Crippen LogP contribution in [0.25, 0.3) is 0 Å². The fraction of sp³-hybridized carbons (Fsp3) is 0.588. The van der Waals surface area contributed by atoms with Crippen molar-refractivity contribution in [3.8, 4) is 0 Å². The summed E-state index contributed by atoms with van der Waals surface area (Å²) in [6.07, 6.45) is 2.02. The van der Waals surface area contributed by atoms with Crippen LogP contribution >= 0.6 is 0 Å². The van der Waals surface area contributed by atoms with E-state index in [4.69, 9.17) is 5.14 Å². The largest absolute Gasteiger partial charge is 0.334 e. The van der Waals surface area contributed by atoms with Gasteiger partial charge in [0.1, 0.15) is 0 Å². The number of carbonyl (C=O) groups excluding carboxylic acids is 1. The van der Waals surface area contributed by atoms with E-state index in [9.17, 15) is 13.2 Å². The molecule has 1 atom stereocenters. The fourth-order valence-electron chi connectivity index (χ4n) is 3.57.